The number of benzene rings is 2. The molecule has 3 aromatic rings. The van der Waals surface area contributed by atoms with Crippen LogP contribution in [0.15, 0.2) is 64.2 Å². The molecule has 0 radical (unpaired) electrons. The van der Waals surface area contributed by atoms with Crippen LogP contribution in [0.5, 0.6) is 0 Å². The van der Waals surface area contributed by atoms with Crippen LogP contribution in [0.25, 0.3) is 10.9 Å². The topological polar surface area (TPSA) is 142 Å². The van der Waals surface area contributed by atoms with Crippen LogP contribution in [0.4, 0.5) is 0 Å². The van der Waals surface area contributed by atoms with E-state index in [0.29, 0.717) is 24.1 Å². The number of thioether (sulfide) groups is 1. The van der Waals surface area contributed by atoms with Crippen molar-refractivity contribution in [2.45, 2.75) is 43.8 Å². The van der Waals surface area contributed by atoms with E-state index in [1.165, 1.54) is 16.7 Å². The van der Waals surface area contributed by atoms with E-state index >= 15 is 0 Å². The summed E-state index contributed by atoms with van der Waals surface area (Å²) >= 11 is 1.47. The van der Waals surface area contributed by atoms with Crippen LogP contribution in [0.3, 0.4) is 0 Å². The number of amides is 2. The number of aromatic nitrogens is 2. The number of para-hydroxylation sites is 1. The molecule has 200 valence electrons. The van der Waals surface area contributed by atoms with Crippen LogP contribution in [0, 0.1) is 0 Å². The smallest absolute Gasteiger partial charge is 0.329 e. The SMILES string of the molecule is CSCCC(NC(=O)C1CCCN1C(=O)C(Cc1ccccc1)n1c(=O)[nH]c2ccccc2c1=O)C(=O)O. The van der Waals surface area contributed by atoms with Gasteiger partial charge >= 0.3 is 11.7 Å². The van der Waals surface area contributed by atoms with Crippen molar-refractivity contribution in [2.75, 3.05) is 18.6 Å². The molecule has 3 unspecified atom stereocenters. The van der Waals surface area contributed by atoms with Gasteiger partial charge in [-0.1, -0.05) is 42.5 Å². The van der Waals surface area contributed by atoms with Gasteiger partial charge in [-0.3, -0.25) is 14.4 Å². The first-order valence-electron chi connectivity index (χ1n) is 12.4. The van der Waals surface area contributed by atoms with Gasteiger partial charge in [-0.25, -0.2) is 14.2 Å². The highest BCUT2D eigenvalue weighted by atomic mass is 32.2. The largest absolute Gasteiger partial charge is 0.480 e. The Morgan fingerprint density at radius 2 is 1.82 bits per heavy atom. The van der Waals surface area contributed by atoms with Crippen LogP contribution in [-0.4, -0.2) is 68.0 Å². The lowest BCUT2D eigenvalue weighted by molar-refractivity contribution is -0.144. The Bertz CT molecular complexity index is 1440. The lowest BCUT2D eigenvalue weighted by Gasteiger charge is -2.29. The van der Waals surface area contributed by atoms with Gasteiger partial charge in [0.1, 0.15) is 18.1 Å². The molecule has 38 heavy (non-hydrogen) atoms. The van der Waals surface area contributed by atoms with Crippen molar-refractivity contribution >= 4 is 40.4 Å². The lowest BCUT2D eigenvalue weighted by Crippen LogP contribution is -2.53. The molecule has 10 nitrogen and oxygen atoms in total. The molecule has 1 fully saturated rings. The molecule has 11 heteroatoms. The zero-order chi connectivity index (χ0) is 27.2. The summed E-state index contributed by atoms with van der Waals surface area (Å²) in [6.45, 7) is 0.255. The zero-order valence-corrected chi connectivity index (χ0v) is 21.8. The summed E-state index contributed by atoms with van der Waals surface area (Å²) < 4.78 is 0.934. The fourth-order valence-corrected chi connectivity index (χ4v) is 5.31. The highest BCUT2D eigenvalue weighted by Gasteiger charge is 2.39. The van der Waals surface area contributed by atoms with Crippen LogP contribution < -0.4 is 16.6 Å². The number of likely N-dealkylation sites (tertiary alicyclic amines) is 1. The molecule has 3 atom stereocenters. The number of nitrogens with zero attached hydrogens (tertiary/aromatic N) is 2. The predicted molar refractivity (Wildman–Crippen MR) is 145 cm³/mol. The minimum Gasteiger partial charge on any atom is -0.480 e. The number of nitrogens with one attached hydrogen (secondary N) is 2. The molecule has 1 aromatic heterocycles. The average molecular weight is 539 g/mol. The quantitative estimate of drug-likeness (QED) is 0.357. The first-order valence-corrected chi connectivity index (χ1v) is 13.8. The Labute approximate surface area is 223 Å². The maximum absolute atomic E-state index is 14.0. The van der Waals surface area contributed by atoms with E-state index in [-0.39, 0.29) is 24.8 Å². The molecule has 2 heterocycles. The number of fused-ring (bicyclic) bond motifs is 1. The second-order valence-corrected chi connectivity index (χ2v) is 10.2. The number of carboxylic acids is 1. The molecule has 0 spiro atoms. The minimum absolute atomic E-state index is 0.0668. The standard InChI is InChI=1S/C27H30N4O6S/c1-38-15-13-20(26(35)36)28-23(32)21-12-7-14-30(21)25(34)22(16-17-8-3-2-4-9-17)31-24(33)18-10-5-6-11-19(18)29-27(31)37/h2-6,8-11,20-22H,7,12-16H2,1H3,(H,28,32)(H,29,37)(H,35,36). The average Bonchev–Trinajstić information content (AvgIpc) is 3.40. The minimum atomic E-state index is -1.20. The van der Waals surface area contributed by atoms with Gasteiger partial charge in [0.15, 0.2) is 0 Å². The monoisotopic (exact) mass is 538 g/mol. The molecule has 4 rings (SSSR count). The highest BCUT2D eigenvalue weighted by Crippen LogP contribution is 2.24. The van der Waals surface area contributed by atoms with Crippen molar-refractivity contribution in [3.8, 4) is 0 Å². The van der Waals surface area contributed by atoms with E-state index in [4.69, 9.17) is 0 Å². The van der Waals surface area contributed by atoms with Crippen molar-refractivity contribution in [3.05, 3.63) is 81.0 Å². The number of carboxylic acid groups (broad SMARTS) is 1. The number of carbonyl (C=O) groups excluding carboxylic acids is 2. The molecule has 1 saturated heterocycles. The van der Waals surface area contributed by atoms with Gasteiger partial charge in [0.2, 0.25) is 11.8 Å². The molecular formula is C27H30N4O6S. The van der Waals surface area contributed by atoms with Crippen molar-refractivity contribution in [1.82, 2.24) is 19.8 Å². The van der Waals surface area contributed by atoms with Crippen molar-refractivity contribution in [1.29, 1.82) is 0 Å². The molecule has 2 aromatic carbocycles. The van der Waals surface area contributed by atoms with Gasteiger partial charge < -0.3 is 20.3 Å². The molecule has 3 N–H and O–H groups in total. The summed E-state index contributed by atoms with van der Waals surface area (Å²) in [5.74, 6) is -1.68. The van der Waals surface area contributed by atoms with E-state index in [1.54, 1.807) is 48.5 Å². The molecule has 1 aliphatic heterocycles. The predicted octanol–water partition coefficient (Wildman–Crippen LogP) is 1.79. The number of carbonyl (C=O) groups is 3. The van der Waals surface area contributed by atoms with Crippen molar-refractivity contribution < 1.29 is 19.5 Å². The number of hydrogen-bond donors (Lipinski definition) is 3. The van der Waals surface area contributed by atoms with Gasteiger partial charge in [0, 0.05) is 13.0 Å². The Kier molecular flexibility index (Phi) is 8.67. The molecule has 0 aliphatic carbocycles. The summed E-state index contributed by atoms with van der Waals surface area (Å²) in [5.41, 5.74) is -0.199. The zero-order valence-electron chi connectivity index (χ0n) is 21.0. The first-order chi connectivity index (χ1) is 18.3. The summed E-state index contributed by atoms with van der Waals surface area (Å²) in [4.78, 5) is 69.5. The number of rotatable bonds is 10. The van der Waals surface area contributed by atoms with E-state index in [0.717, 1.165) is 10.1 Å². The molecular weight excluding hydrogens is 508 g/mol. The van der Waals surface area contributed by atoms with Crippen LogP contribution in [-0.2, 0) is 20.8 Å². The third kappa shape index (κ3) is 5.83. The van der Waals surface area contributed by atoms with Crippen LogP contribution in [0.1, 0.15) is 30.9 Å². The fourth-order valence-electron chi connectivity index (χ4n) is 4.84. The van der Waals surface area contributed by atoms with Crippen molar-refractivity contribution in [3.63, 3.8) is 0 Å². The summed E-state index contributed by atoms with van der Waals surface area (Å²) in [5, 5.41) is 12.4. The summed E-state index contributed by atoms with van der Waals surface area (Å²) in [6, 6.07) is 12.5. The molecule has 1 aliphatic rings. The van der Waals surface area contributed by atoms with Gasteiger partial charge in [0.05, 0.1) is 10.9 Å². The highest BCUT2D eigenvalue weighted by molar-refractivity contribution is 7.98. The maximum atomic E-state index is 14.0. The Morgan fingerprint density at radius 3 is 2.53 bits per heavy atom. The second-order valence-electron chi connectivity index (χ2n) is 9.23. The van der Waals surface area contributed by atoms with E-state index in [2.05, 4.69) is 10.3 Å². The Balaban J connectivity index is 1.70. The third-order valence-corrected chi connectivity index (χ3v) is 7.41. The van der Waals surface area contributed by atoms with Gasteiger partial charge in [-0.05, 0) is 49.0 Å². The summed E-state index contributed by atoms with van der Waals surface area (Å²) in [7, 11) is 0. The summed E-state index contributed by atoms with van der Waals surface area (Å²) in [6.07, 6.45) is 3.06. The number of H-pyrrole nitrogens is 1. The Hall–Kier alpha value is -3.86. The van der Waals surface area contributed by atoms with E-state index < -0.39 is 47.2 Å². The first kappa shape index (κ1) is 27.2. The van der Waals surface area contributed by atoms with Crippen LogP contribution in [0.2, 0.25) is 0 Å². The number of aromatic amines is 1. The molecule has 0 bridgehead atoms. The molecule has 2 amide bonds. The van der Waals surface area contributed by atoms with E-state index in [9.17, 15) is 29.1 Å². The fraction of sp³-hybridized carbons (Fsp3) is 0.370. The van der Waals surface area contributed by atoms with Gasteiger partial charge in [-0.15, -0.1) is 0 Å². The Morgan fingerprint density at radius 1 is 1.11 bits per heavy atom. The van der Waals surface area contributed by atoms with Gasteiger partial charge in [-0.2, -0.15) is 11.8 Å². The van der Waals surface area contributed by atoms with E-state index in [1.807, 2.05) is 12.3 Å². The van der Waals surface area contributed by atoms with Crippen LogP contribution >= 0.6 is 11.8 Å². The maximum Gasteiger partial charge on any atom is 0.329 e. The van der Waals surface area contributed by atoms with Gasteiger partial charge in [0.25, 0.3) is 5.56 Å². The number of aliphatic carboxylic acids is 1. The lowest BCUT2D eigenvalue weighted by atomic mass is 10.0. The third-order valence-electron chi connectivity index (χ3n) is 6.77. The number of hydrogen-bond acceptors (Lipinski definition) is 6. The molecule has 0 saturated carbocycles. The second kappa shape index (κ2) is 12.1. The van der Waals surface area contributed by atoms with Crippen molar-refractivity contribution in [2.24, 2.45) is 0 Å². The normalized spacial score (nSPS) is 16.8.